The van der Waals surface area contributed by atoms with Gasteiger partial charge in [-0.2, -0.15) is 0 Å². The van der Waals surface area contributed by atoms with E-state index in [4.69, 9.17) is 27.9 Å². The standard InChI is InChI=1S/C30H34Cl2F2N2O4/c1-17(19-9-20(31)11-21(32)10-19)35-7-5-30(2,6-8-35)16-40-27-14-25(34)24(13-23(27)18-3-4-18)28(37)36-15-22(33)12-26(36)29(38)39/h9-11,13-14,17-18,22,26H,3-8,12,15-16H2,1-2H3,(H,38,39)/t17?,22-,26+/m1/s1. The number of hydrogen-bond donors (Lipinski definition) is 1. The van der Waals surface area contributed by atoms with Crippen LogP contribution in [0, 0.1) is 11.2 Å². The topological polar surface area (TPSA) is 70.1 Å². The molecule has 2 heterocycles. The zero-order chi connectivity index (χ0) is 28.8. The van der Waals surface area contributed by atoms with Crippen molar-refractivity contribution in [2.75, 3.05) is 26.2 Å². The number of benzene rings is 2. The van der Waals surface area contributed by atoms with Crippen LogP contribution < -0.4 is 4.74 Å². The van der Waals surface area contributed by atoms with Crippen LogP contribution in [0.3, 0.4) is 0 Å². The summed E-state index contributed by atoms with van der Waals surface area (Å²) in [7, 11) is 0. The third-order valence-electron chi connectivity index (χ3n) is 8.64. The summed E-state index contributed by atoms with van der Waals surface area (Å²) in [5, 5.41) is 10.7. The van der Waals surface area contributed by atoms with Gasteiger partial charge in [0.25, 0.3) is 5.91 Å². The predicted molar refractivity (Wildman–Crippen MR) is 150 cm³/mol. The number of piperidine rings is 1. The Morgan fingerprint density at radius 3 is 2.38 bits per heavy atom. The number of carbonyl (C=O) groups is 2. The number of carboxylic acid groups (broad SMARTS) is 1. The van der Waals surface area contributed by atoms with Gasteiger partial charge in [0.05, 0.1) is 18.7 Å². The highest BCUT2D eigenvalue weighted by molar-refractivity contribution is 6.34. The molecule has 1 N–H and O–H groups in total. The number of carbonyl (C=O) groups excluding carboxylic acids is 1. The van der Waals surface area contributed by atoms with Gasteiger partial charge in [-0.05, 0) is 87.0 Å². The maximum Gasteiger partial charge on any atom is 0.326 e. The number of hydrogen-bond acceptors (Lipinski definition) is 4. The number of likely N-dealkylation sites (tertiary alicyclic amines) is 2. The molecule has 0 radical (unpaired) electrons. The molecule has 0 aromatic heterocycles. The number of amides is 1. The summed E-state index contributed by atoms with van der Waals surface area (Å²) in [4.78, 5) is 28.0. The van der Waals surface area contributed by atoms with Crippen molar-refractivity contribution in [2.45, 2.75) is 70.1 Å². The number of rotatable bonds is 8. The van der Waals surface area contributed by atoms with Crippen molar-refractivity contribution < 1.29 is 28.2 Å². The maximum absolute atomic E-state index is 15.3. The summed E-state index contributed by atoms with van der Waals surface area (Å²) < 4.78 is 35.5. The van der Waals surface area contributed by atoms with Crippen LogP contribution in [0.1, 0.15) is 79.4 Å². The minimum absolute atomic E-state index is 0.117. The zero-order valence-electron chi connectivity index (χ0n) is 22.6. The highest BCUT2D eigenvalue weighted by Crippen LogP contribution is 2.46. The van der Waals surface area contributed by atoms with Crippen LogP contribution in [0.4, 0.5) is 8.78 Å². The van der Waals surface area contributed by atoms with E-state index in [0.717, 1.165) is 54.8 Å². The Hall–Kier alpha value is -2.42. The molecule has 1 saturated carbocycles. The van der Waals surface area contributed by atoms with Crippen molar-refractivity contribution >= 4 is 35.1 Å². The summed E-state index contributed by atoms with van der Waals surface area (Å²) in [6.45, 7) is 6.08. The fourth-order valence-corrected chi connectivity index (χ4v) is 6.39. The normalized spacial score (nSPS) is 23.7. The van der Waals surface area contributed by atoms with Crippen molar-refractivity contribution in [2.24, 2.45) is 5.41 Å². The van der Waals surface area contributed by atoms with Gasteiger partial charge in [-0.25, -0.2) is 13.6 Å². The molecule has 2 aromatic rings. The number of ether oxygens (including phenoxy) is 1. The van der Waals surface area contributed by atoms with Crippen LogP contribution in [0.2, 0.25) is 10.0 Å². The third kappa shape index (κ3) is 6.24. The van der Waals surface area contributed by atoms with E-state index in [9.17, 15) is 19.1 Å². The lowest BCUT2D eigenvalue weighted by Gasteiger charge is -2.42. The Bertz CT molecular complexity index is 1280. The van der Waals surface area contributed by atoms with Gasteiger partial charge in [0, 0.05) is 34.0 Å². The number of halogens is 4. The molecule has 0 bridgehead atoms. The number of alkyl halides is 1. The summed E-state index contributed by atoms with van der Waals surface area (Å²) >= 11 is 12.4. The van der Waals surface area contributed by atoms with E-state index in [0.29, 0.717) is 22.4 Å². The molecular formula is C30H34Cl2F2N2O4. The molecule has 1 amide bonds. The van der Waals surface area contributed by atoms with Crippen molar-refractivity contribution in [3.8, 4) is 5.75 Å². The highest BCUT2D eigenvalue weighted by atomic mass is 35.5. The molecule has 2 saturated heterocycles. The largest absolute Gasteiger partial charge is 0.493 e. The second-order valence-electron chi connectivity index (χ2n) is 11.8. The molecule has 3 atom stereocenters. The van der Waals surface area contributed by atoms with E-state index in [1.807, 2.05) is 12.1 Å². The minimum Gasteiger partial charge on any atom is -0.493 e. The average molecular weight is 596 g/mol. The second-order valence-corrected chi connectivity index (χ2v) is 12.7. The lowest BCUT2D eigenvalue weighted by Crippen LogP contribution is -2.42. The van der Waals surface area contributed by atoms with Crippen molar-refractivity contribution in [3.63, 3.8) is 0 Å². The first-order chi connectivity index (χ1) is 18.9. The van der Waals surface area contributed by atoms with E-state index in [1.54, 1.807) is 6.07 Å². The van der Waals surface area contributed by atoms with Gasteiger partial charge in [0.2, 0.25) is 0 Å². The summed E-state index contributed by atoms with van der Waals surface area (Å²) in [6, 6.07) is 7.19. The molecule has 1 unspecified atom stereocenters. The molecule has 40 heavy (non-hydrogen) atoms. The van der Waals surface area contributed by atoms with Gasteiger partial charge in [-0.15, -0.1) is 0 Å². The zero-order valence-corrected chi connectivity index (χ0v) is 24.2. The Morgan fingerprint density at radius 2 is 1.77 bits per heavy atom. The molecule has 0 spiro atoms. The minimum atomic E-state index is -1.45. The summed E-state index contributed by atoms with van der Waals surface area (Å²) in [5.74, 6) is -2.30. The fraction of sp³-hybridized carbons (Fsp3) is 0.533. The van der Waals surface area contributed by atoms with Crippen molar-refractivity contribution in [3.05, 3.63) is 62.9 Å². The van der Waals surface area contributed by atoms with E-state index >= 15 is 4.39 Å². The molecule has 216 valence electrons. The molecule has 2 aromatic carbocycles. The summed E-state index contributed by atoms with van der Waals surface area (Å²) in [6.07, 6.45) is 1.85. The predicted octanol–water partition coefficient (Wildman–Crippen LogP) is 6.89. The van der Waals surface area contributed by atoms with Crippen LogP contribution in [-0.2, 0) is 4.79 Å². The van der Waals surface area contributed by atoms with Gasteiger partial charge in [0.1, 0.15) is 23.8 Å². The quantitative estimate of drug-likeness (QED) is 0.360. The Labute approximate surface area is 243 Å². The van der Waals surface area contributed by atoms with Gasteiger partial charge < -0.3 is 14.7 Å². The van der Waals surface area contributed by atoms with Gasteiger partial charge in [-0.1, -0.05) is 30.1 Å². The summed E-state index contributed by atoms with van der Waals surface area (Å²) in [5.41, 5.74) is 1.47. The Balaban J connectivity index is 1.26. The molecule has 10 heteroatoms. The highest BCUT2D eigenvalue weighted by Gasteiger charge is 2.42. The molecule has 2 aliphatic heterocycles. The molecule has 5 rings (SSSR count). The monoisotopic (exact) mass is 594 g/mol. The average Bonchev–Trinajstić information content (AvgIpc) is 3.66. The smallest absolute Gasteiger partial charge is 0.326 e. The van der Waals surface area contributed by atoms with Gasteiger partial charge in [0.15, 0.2) is 0 Å². The van der Waals surface area contributed by atoms with E-state index < -0.39 is 29.9 Å². The van der Waals surface area contributed by atoms with Crippen LogP contribution in [0.15, 0.2) is 30.3 Å². The number of nitrogens with zero attached hydrogens (tertiary/aromatic N) is 2. The van der Waals surface area contributed by atoms with Crippen LogP contribution in [0.25, 0.3) is 0 Å². The van der Waals surface area contributed by atoms with Crippen LogP contribution >= 0.6 is 23.2 Å². The van der Waals surface area contributed by atoms with Gasteiger partial charge in [-0.3, -0.25) is 9.69 Å². The molecule has 1 aliphatic carbocycles. The Morgan fingerprint density at radius 1 is 1.12 bits per heavy atom. The SMILES string of the molecule is CC(c1cc(Cl)cc(Cl)c1)N1CCC(C)(COc2cc(F)c(C(=O)N3C[C@H](F)C[C@H]3C(=O)O)cc2C2CC2)CC1. The second kappa shape index (κ2) is 11.5. The third-order valence-corrected chi connectivity index (χ3v) is 9.08. The van der Waals surface area contributed by atoms with Crippen LogP contribution in [-0.4, -0.2) is 65.2 Å². The number of carboxylic acids is 1. The maximum atomic E-state index is 15.3. The van der Waals surface area contributed by atoms with E-state index in [2.05, 4.69) is 18.7 Å². The van der Waals surface area contributed by atoms with Crippen molar-refractivity contribution in [1.29, 1.82) is 0 Å². The Kier molecular flexibility index (Phi) is 8.33. The lowest BCUT2D eigenvalue weighted by atomic mass is 9.80. The lowest BCUT2D eigenvalue weighted by molar-refractivity contribution is -0.141. The fourth-order valence-electron chi connectivity index (χ4n) is 5.85. The van der Waals surface area contributed by atoms with Gasteiger partial charge >= 0.3 is 5.97 Å². The first-order valence-electron chi connectivity index (χ1n) is 13.8. The van der Waals surface area contributed by atoms with Crippen LogP contribution in [0.5, 0.6) is 5.75 Å². The van der Waals surface area contributed by atoms with Crippen molar-refractivity contribution in [1.82, 2.24) is 9.80 Å². The first-order valence-corrected chi connectivity index (χ1v) is 14.5. The molecular weight excluding hydrogens is 561 g/mol. The van der Waals surface area contributed by atoms with E-state index in [-0.39, 0.29) is 35.9 Å². The van der Waals surface area contributed by atoms with E-state index in [1.165, 1.54) is 12.1 Å². The number of aliphatic carboxylic acids is 1. The molecule has 6 nitrogen and oxygen atoms in total. The molecule has 3 fully saturated rings. The molecule has 3 aliphatic rings. The first kappa shape index (κ1) is 29.1.